The third-order valence-electron chi connectivity index (χ3n) is 3.73. The Hall–Kier alpha value is -1.59. The average molecular weight is 352 g/mol. The van der Waals surface area contributed by atoms with E-state index < -0.39 is 5.54 Å². The number of rotatable bonds is 7. The van der Waals surface area contributed by atoms with Gasteiger partial charge in [0.1, 0.15) is 5.54 Å². The highest BCUT2D eigenvalue weighted by Crippen LogP contribution is 2.31. The number of hydrogen-bond acceptors (Lipinski definition) is 7. The molecular weight excluding hydrogens is 330 g/mol. The highest BCUT2D eigenvalue weighted by Gasteiger charge is 2.35. The lowest BCUT2D eigenvalue weighted by Gasteiger charge is -2.32. The van der Waals surface area contributed by atoms with Crippen LogP contribution < -0.4 is 10.6 Å². The van der Waals surface area contributed by atoms with Crippen LogP contribution in [0.5, 0.6) is 0 Å². The van der Waals surface area contributed by atoms with E-state index >= 15 is 0 Å². The first-order valence-corrected chi connectivity index (χ1v) is 9.36. The normalized spacial score (nSPS) is 17.7. The van der Waals surface area contributed by atoms with E-state index in [1.807, 2.05) is 6.92 Å². The van der Waals surface area contributed by atoms with E-state index in [1.54, 1.807) is 6.08 Å². The van der Waals surface area contributed by atoms with Gasteiger partial charge < -0.3 is 10.6 Å². The van der Waals surface area contributed by atoms with Crippen molar-refractivity contribution in [1.82, 2.24) is 15.5 Å². The van der Waals surface area contributed by atoms with Gasteiger partial charge in [0.2, 0.25) is 11.0 Å². The molecule has 0 radical (unpaired) electrons. The van der Waals surface area contributed by atoms with E-state index in [9.17, 15) is 10.1 Å². The van der Waals surface area contributed by atoms with Gasteiger partial charge >= 0.3 is 0 Å². The van der Waals surface area contributed by atoms with Crippen molar-refractivity contribution in [1.29, 1.82) is 5.26 Å². The number of anilines is 1. The van der Waals surface area contributed by atoms with Gasteiger partial charge in [-0.3, -0.25) is 4.79 Å². The molecule has 124 valence electrons. The van der Waals surface area contributed by atoms with Crippen LogP contribution in [0.15, 0.2) is 17.0 Å². The molecule has 1 aromatic rings. The van der Waals surface area contributed by atoms with Crippen LogP contribution in [0.3, 0.4) is 0 Å². The fraction of sp³-hybridized carbons (Fsp3) is 0.600. The van der Waals surface area contributed by atoms with Gasteiger partial charge in [-0.1, -0.05) is 48.4 Å². The Morgan fingerprint density at radius 3 is 2.91 bits per heavy atom. The maximum Gasteiger partial charge on any atom is 0.234 e. The first-order valence-electron chi connectivity index (χ1n) is 7.67. The molecule has 2 N–H and O–H groups in total. The molecule has 23 heavy (non-hydrogen) atoms. The quantitative estimate of drug-likeness (QED) is 0.580. The van der Waals surface area contributed by atoms with E-state index in [2.05, 4.69) is 33.5 Å². The molecule has 0 unspecified atom stereocenters. The van der Waals surface area contributed by atoms with E-state index in [0.29, 0.717) is 11.7 Å². The fourth-order valence-corrected chi connectivity index (χ4v) is 4.35. The van der Waals surface area contributed by atoms with Crippen LogP contribution in [-0.2, 0) is 4.79 Å². The predicted molar refractivity (Wildman–Crippen MR) is 93.5 cm³/mol. The van der Waals surface area contributed by atoms with Crippen LogP contribution in [0.1, 0.15) is 39.0 Å². The zero-order valence-electron chi connectivity index (χ0n) is 13.2. The molecule has 0 aliphatic heterocycles. The van der Waals surface area contributed by atoms with Crippen LogP contribution in [0.4, 0.5) is 5.13 Å². The Balaban J connectivity index is 1.90. The Bertz CT molecular complexity index is 589. The molecule has 6 nitrogen and oxygen atoms in total. The average Bonchev–Trinajstić information content (AvgIpc) is 3.01. The number of nitrogens with one attached hydrogen (secondary N) is 2. The zero-order valence-corrected chi connectivity index (χ0v) is 14.8. The molecule has 1 heterocycles. The topological polar surface area (TPSA) is 90.7 Å². The summed E-state index contributed by atoms with van der Waals surface area (Å²) in [5, 5.41) is 23.9. The second-order valence-electron chi connectivity index (χ2n) is 5.55. The summed E-state index contributed by atoms with van der Waals surface area (Å²) in [6.07, 6.45) is 6.33. The van der Waals surface area contributed by atoms with Crippen molar-refractivity contribution in [2.45, 2.75) is 54.2 Å². The van der Waals surface area contributed by atoms with Crippen molar-refractivity contribution in [3.05, 3.63) is 12.7 Å². The van der Waals surface area contributed by atoms with E-state index in [0.717, 1.165) is 36.4 Å². The van der Waals surface area contributed by atoms with E-state index in [4.69, 9.17) is 0 Å². The second-order valence-corrected chi connectivity index (χ2v) is 8.11. The van der Waals surface area contributed by atoms with Crippen LogP contribution >= 0.6 is 23.1 Å². The van der Waals surface area contributed by atoms with Crippen molar-refractivity contribution in [3.63, 3.8) is 0 Å². The van der Waals surface area contributed by atoms with Gasteiger partial charge in [-0.25, -0.2) is 0 Å². The SMILES string of the molecule is C=CCNc1nnc(S[C@@H](C)C(=O)NC2(C#N)CCCCC2)s1. The summed E-state index contributed by atoms with van der Waals surface area (Å²) < 4.78 is 0.730. The Morgan fingerprint density at radius 1 is 1.52 bits per heavy atom. The molecule has 0 saturated heterocycles. The molecule has 0 aromatic carbocycles. The number of aromatic nitrogens is 2. The molecule has 1 aromatic heterocycles. The van der Waals surface area contributed by atoms with Crippen LogP contribution in [0.2, 0.25) is 0 Å². The Kier molecular flexibility index (Phi) is 6.42. The number of nitrogens with zero attached hydrogens (tertiary/aromatic N) is 3. The third-order valence-corrected chi connectivity index (χ3v) is 5.80. The summed E-state index contributed by atoms with van der Waals surface area (Å²) in [7, 11) is 0. The lowest BCUT2D eigenvalue weighted by atomic mass is 9.83. The van der Waals surface area contributed by atoms with E-state index in [-0.39, 0.29) is 11.2 Å². The van der Waals surface area contributed by atoms with Gasteiger partial charge in [-0.05, 0) is 19.8 Å². The minimum atomic E-state index is -0.693. The van der Waals surface area contributed by atoms with Crippen LogP contribution in [0, 0.1) is 11.3 Å². The van der Waals surface area contributed by atoms with Crippen LogP contribution in [-0.4, -0.2) is 33.4 Å². The monoisotopic (exact) mass is 351 g/mol. The molecule has 2 rings (SSSR count). The van der Waals surface area contributed by atoms with Crippen molar-refractivity contribution in [2.24, 2.45) is 0 Å². The Labute approximate surface area is 144 Å². The highest BCUT2D eigenvalue weighted by molar-refractivity contribution is 8.02. The van der Waals surface area contributed by atoms with Gasteiger partial charge in [0, 0.05) is 6.54 Å². The summed E-state index contributed by atoms with van der Waals surface area (Å²) in [5.41, 5.74) is -0.693. The zero-order chi connectivity index (χ0) is 16.7. The largest absolute Gasteiger partial charge is 0.357 e. The lowest BCUT2D eigenvalue weighted by molar-refractivity contribution is -0.121. The molecule has 0 spiro atoms. The Morgan fingerprint density at radius 2 is 2.26 bits per heavy atom. The lowest BCUT2D eigenvalue weighted by Crippen LogP contribution is -2.50. The molecule has 1 saturated carbocycles. The highest BCUT2D eigenvalue weighted by atomic mass is 32.2. The van der Waals surface area contributed by atoms with E-state index in [1.165, 1.54) is 23.1 Å². The maximum absolute atomic E-state index is 12.4. The second kappa shape index (κ2) is 8.31. The number of nitriles is 1. The van der Waals surface area contributed by atoms with Crippen molar-refractivity contribution < 1.29 is 4.79 Å². The molecule has 8 heteroatoms. The van der Waals surface area contributed by atoms with Gasteiger partial charge in [0.05, 0.1) is 11.3 Å². The first-order chi connectivity index (χ1) is 11.1. The number of hydrogen-bond donors (Lipinski definition) is 2. The minimum absolute atomic E-state index is 0.116. The molecule has 1 fully saturated rings. The van der Waals surface area contributed by atoms with Crippen LogP contribution in [0.25, 0.3) is 0 Å². The molecule has 1 aliphatic rings. The van der Waals surface area contributed by atoms with Crippen molar-refractivity contribution >= 4 is 34.1 Å². The number of amides is 1. The number of carbonyl (C=O) groups excluding carboxylic acids is 1. The minimum Gasteiger partial charge on any atom is -0.357 e. The molecule has 1 atom stereocenters. The standard InChI is InChI=1S/C15H21N5OS2/c1-3-9-17-13-19-20-14(23-13)22-11(2)12(21)18-15(10-16)7-5-4-6-8-15/h3,11H,1,4-9H2,2H3,(H,17,19)(H,18,21)/t11-/m0/s1. The maximum atomic E-state index is 12.4. The van der Waals surface area contributed by atoms with Gasteiger partial charge in [0.25, 0.3) is 0 Å². The summed E-state index contributed by atoms with van der Waals surface area (Å²) in [4.78, 5) is 12.4. The summed E-state index contributed by atoms with van der Waals surface area (Å²) >= 11 is 2.77. The summed E-state index contributed by atoms with van der Waals surface area (Å²) in [6, 6.07) is 2.31. The smallest absolute Gasteiger partial charge is 0.234 e. The predicted octanol–water partition coefficient (Wildman–Crippen LogP) is 2.96. The molecular formula is C15H21N5OS2. The number of thioether (sulfide) groups is 1. The van der Waals surface area contributed by atoms with Gasteiger partial charge in [-0.15, -0.1) is 16.8 Å². The number of carbonyl (C=O) groups is 1. The van der Waals surface area contributed by atoms with Crippen molar-refractivity contribution in [2.75, 3.05) is 11.9 Å². The van der Waals surface area contributed by atoms with Crippen molar-refractivity contribution in [3.8, 4) is 6.07 Å². The molecule has 0 bridgehead atoms. The van der Waals surface area contributed by atoms with Gasteiger partial charge in [-0.2, -0.15) is 5.26 Å². The van der Waals surface area contributed by atoms with Gasteiger partial charge in [0.15, 0.2) is 4.34 Å². The first kappa shape index (κ1) is 17.8. The molecule has 1 aliphatic carbocycles. The summed E-state index contributed by atoms with van der Waals surface area (Å²) in [5.74, 6) is -0.116. The third kappa shape index (κ3) is 4.94. The fourth-order valence-electron chi connectivity index (χ4n) is 2.45. The molecule has 1 amide bonds. The summed E-state index contributed by atoms with van der Waals surface area (Å²) in [6.45, 7) is 6.08.